The summed E-state index contributed by atoms with van der Waals surface area (Å²) in [4.78, 5) is 0. The standard InChI is InChI=1S/C18H16ClNO/c19-16-6-3-7-17(13-16)20-10-11-21-18-9-8-14-4-1-2-5-15(14)12-18/h1-9,12-13,20H,10-11H2. The highest BCUT2D eigenvalue weighted by molar-refractivity contribution is 6.30. The fourth-order valence-corrected chi connectivity index (χ4v) is 2.41. The highest BCUT2D eigenvalue weighted by Gasteiger charge is 1.97. The lowest BCUT2D eigenvalue weighted by Gasteiger charge is -2.09. The molecule has 3 aromatic rings. The van der Waals surface area contributed by atoms with Gasteiger partial charge in [0.2, 0.25) is 0 Å². The van der Waals surface area contributed by atoms with Crippen molar-refractivity contribution >= 4 is 28.1 Å². The molecular formula is C18H16ClNO. The summed E-state index contributed by atoms with van der Waals surface area (Å²) in [7, 11) is 0. The number of fused-ring (bicyclic) bond motifs is 1. The fraction of sp³-hybridized carbons (Fsp3) is 0.111. The first kappa shape index (κ1) is 13.8. The number of anilines is 1. The normalized spacial score (nSPS) is 10.5. The topological polar surface area (TPSA) is 21.3 Å². The maximum Gasteiger partial charge on any atom is 0.120 e. The first-order valence-corrected chi connectivity index (χ1v) is 7.30. The number of halogens is 1. The van der Waals surface area contributed by atoms with Crippen LogP contribution in [0.4, 0.5) is 5.69 Å². The van der Waals surface area contributed by atoms with Gasteiger partial charge in [0.1, 0.15) is 12.4 Å². The third-order valence-electron chi connectivity index (χ3n) is 3.25. The van der Waals surface area contributed by atoms with Gasteiger partial charge in [0.15, 0.2) is 0 Å². The monoisotopic (exact) mass is 297 g/mol. The van der Waals surface area contributed by atoms with E-state index >= 15 is 0 Å². The van der Waals surface area contributed by atoms with Crippen LogP contribution in [-0.4, -0.2) is 13.2 Å². The number of nitrogens with one attached hydrogen (secondary N) is 1. The Labute approximate surface area is 129 Å². The first-order chi connectivity index (χ1) is 10.3. The molecule has 0 unspecified atom stereocenters. The molecule has 1 N–H and O–H groups in total. The lowest BCUT2D eigenvalue weighted by molar-refractivity contribution is 0.333. The van der Waals surface area contributed by atoms with Gasteiger partial charge in [0.25, 0.3) is 0 Å². The predicted molar refractivity (Wildman–Crippen MR) is 89.4 cm³/mol. The summed E-state index contributed by atoms with van der Waals surface area (Å²) in [6, 6.07) is 22.1. The Morgan fingerprint density at radius 3 is 2.57 bits per heavy atom. The highest BCUT2D eigenvalue weighted by Crippen LogP contribution is 2.20. The van der Waals surface area contributed by atoms with Gasteiger partial charge in [0, 0.05) is 17.3 Å². The maximum absolute atomic E-state index is 5.94. The number of rotatable bonds is 5. The average molecular weight is 298 g/mol. The molecule has 0 atom stereocenters. The number of ether oxygens (including phenoxy) is 1. The summed E-state index contributed by atoms with van der Waals surface area (Å²) in [5.41, 5.74) is 1.00. The molecule has 0 saturated carbocycles. The van der Waals surface area contributed by atoms with E-state index in [1.54, 1.807) is 0 Å². The van der Waals surface area contributed by atoms with E-state index in [-0.39, 0.29) is 0 Å². The van der Waals surface area contributed by atoms with Crippen LogP contribution in [0.5, 0.6) is 5.75 Å². The third kappa shape index (κ3) is 3.67. The van der Waals surface area contributed by atoms with Crippen LogP contribution in [0.15, 0.2) is 66.7 Å². The van der Waals surface area contributed by atoms with Gasteiger partial charge in [-0.05, 0) is 41.1 Å². The van der Waals surface area contributed by atoms with Gasteiger partial charge in [0.05, 0.1) is 0 Å². The maximum atomic E-state index is 5.94. The van der Waals surface area contributed by atoms with Crippen LogP contribution in [0.3, 0.4) is 0 Å². The molecule has 0 bridgehead atoms. The minimum absolute atomic E-state index is 0.602. The largest absolute Gasteiger partial charge is 0.492 e. The van der Waals surface area contributed by atoms with Crippen molar-refractivity contribution in [2.24, 2.45) is 0 Å². The smallest absolute Gasteiger partial charge is 0.120 e. The van der Waals surface area contributed by atoms with E-state index in [1.807, 2.05) is 42.5 Å². The van der Waals surface area contributed by atoms with Gasteiger partial charge in [-0.3, -0.25) is 0 Å². The van der Waals surface area contributed by atoms with Crippen molar-refractivity contribution in [2.45, 2.75) is 0 Å². The molecule has 0 fully saturated rings. The van der Waals surface area contributed by atoms with Crippen LogP contribution in [0.2, 0.25) is 5.02 Å². The molecule has 0 spiro atoms. The van der Waals surface area contributed by atoms with Gasteiger partial charge < -0.3 is 10.1 Å². The van der Waals surface area contributed by atoms with E-state index < -0.39 is 0 Å². The van der Waals surface area contributed by atoms with E-state index in [4.69, 9.17) is 16.3 Å². The molecule has 0 aliphatic rings. The van der Waals surface area contributed by atoms with E-state index in [9.17, 15) is 0 Å². The van der Waals surface area contributed by atoms with Crippen molar-refractivity contribution in [3.05, 3.63) is 71.8 Å². The predicted octanol–water partition coefficient (Wildman–Crippen LogP) is 4.98. The van der Waals surface area contributed by atoms with Crippen LogP contribution in [0, 0.1) is 0 Å². The number of hydrogen-bond donors (Lipinski definition) is 1. The summed E-state index contributed by atoms with van der Waals surface area (Å²) in [6.45, 7) is 1.33. The van der Waals surface area contributed by atoms with E-state index in [0.717, 1.165) is 23.0 Å². The van der Waals surface area contributed by atoms with Crippen molar-refractivity contribution in [2.75, 3.05) is 18.5 Å². The lowest BCUT2D eigenvalue weighted by atomic mass is 10.1. The van der Waals surface area contributed by atoms with Gasteiger partial charge in [-0.25, -0.2) is 0 Å². The molecule has 2 nitrogen and oxygen atoms in total. The van der Waals surface area contributed by atoms with Gasteiger partial charge in [-0.2, -0.15) is 0 Å². The third-order valence-corrected chi connectivity index (χ3v) is 3.48. The van der Waals surface area contributed by atoms with Crippen molar-refractivity contribution < 1.29 is 4.74 Å². The molecule has 0 amide bonds. The zero-order valence-electron chi connectivity index (χ0n) is 11.6. The van der Waals surface area contributed by atoms with Crippen molar-refractivity contribution in [1.82, 2.24) is 0 Å². The summed E-state index contributed by atoms with van der Waals surface area (Å²) >= 11 is 5.94. The molecule has 3 heteroatoms. The molecule has 3 aromatic carbocycles. The molecule has 21 heavy (non-hydrogen) atoms. The molecule has 0 aromatic heterocycles. The minimum Gasteiger partial charge on any atom is -0.492 e. The summed E-state index contributed by atoms with van der Waals surface area (Å²) in [6.07, 6.45) is 0. The molecule has 0 aliphatic carbocycles. The van der Waals surface area contributed by atoms with Crippen molar-refractivity contribution in [3.8, 4) is 5.75 Å². The Morgan fingerprint density at radius 1 is 0.857 bits per heavy atom. The fourth-order valence-electron chi connectivity index (χ4n) is 2.22. The lowest BCUT2D eigenvalue weighted by Crippen LogP contribution is -2.11. The second-order valence-corrected chi connectivity index (χ2v) is 5.23. The van der Waals surface area contributed by atoms with E-state index in [1.165, 1.54) is 10.8 Å². The van der Waals surface area contributed by atoms with Crippen LogP contribution in [-0.2, 0) is 0 Å². The Morgan fingerprint density at radius 2 is 1.71 bits per heavy atom. The van der Waals surface area contributed by atoms with Crippen molar-refractivity contribution in [1.29, 1.82) is 0 Å². The SMILES string of the molecule is Clc1cccc(NCCOc2ccc3ccccc3c2)c1. The molecule has 0 heterocycles. The van der Waals surface area contributed by atoms with Crippen molar-refractivity contribution in [3.63, 3.8) is 0 Å². The molecule has 0 radical (unpaired) electrons. The van der Waals surface area contributed by atoms with E-state index in [2.05, 4.69) is 29.6 Å². The Balaban J connectivity index is 1.54. The summed E-state index contributed by atoms with van der Waals surface area (Å²) < 4.78 is 5.77. The second kappa shape index (κ2) is 6.51. The highest BCUT2D eigenvalue weighted by atomic mass is 35.5. The summed E-state index contributed by atoms with van der Waals surface area (Å²) in [5, 5.41) is 6.43. The first-order valence-electron chi connectivity index (χ1n) is 6.92. The number of hydrogen-bond acceptors (Lipinski definition) is 2. The van der Waals surface area contributed by atoms with E-state index in [0.29, 0.717) is 6.61 Å². The molecular weight excluding hydrogens is 282 g/mol. The average Bonchev–Trinajstić information content (AvgIpc) is 2.51. The van der Waals surface area contributed by atoms with Gasteiger partial charge >= 0.3 is 0 Å². The molecule has 0 saturated heterocycles. The van der Waals surface area contributed by atoms with Crippen LogP contribution in [0.1, 0.15) is 0 Å². The van der Waals surface area contributed by atoms with Crippen LogP contribution < -0.4 is 10.1 Å². The zero-order chi connectivity index (χ0) is 14.5. The second-order valence-electron chi connectivity index (χ2n) is 4.79. The molecule has 0 aliphatic heterocycles. The summed E-state index contributed by atoms with van der Waals surface area (Å²) in [5.74, 6) is 0.890. The Kier molecular flexibility index (Phi) is 4.27. The van der Waals surface area contributed by atoms with Gasteiger partial charge in [-0.1, -0.05) is 48.0 Å². The Hall–Kier alpha value is -2.19. The van der Waals surface area contributed by atoms with Crippen LogP contribution >= 0.6 is 11.6 Å². The minimum atomic E-state index is 0.602. The Bertz CT molecular complexity index is 742. The quantitative estimate of drug-likeness (QED) is 0.670. The number of benzene rings is 3. The zero-order valence-corrected chi connectivity index (χ0v) is 12.3. The molecule has 3 rings (SSSR count). The molecule has 106 valence electrons. The van der Waals surface area contributed by atoms with Gasteiger partial charge in [-0.15, -0.1) is 0 Å². The van der Waals surface area contributed by atoms with Crippen LogP contribution in [0.25, 0.3) is 10.8 Å².